The highest BCUT2D eigenvalue weighted by Gasteiger charge is 2.14. The van der Waals surface area contributed by atoms with Crippen molar-refractivity contribution in [2.45, 2.75) is 64.8 Å². The van der Waals surface area contributed by atoms with E-state index in [1.165, 1.54) is 19.3 Å². The minimum Gasteiger partial charge on any atom is -0.378 e. The third-order valence-corrected chi connectivity index (χ3v) is 3.32. The van der Waals surface area contributed by atoms with Gasteiger partial charge in [0.2, 0.25) is 0 Å². The molecular weight excluding hydrogens is 226 g/mol. The molecule has 0 saturated carbocycles. The van der Waals surface area contributed by atoms with E-state index in [0.717, 1.165) is 31.8 Å². The fraction of sp³-hybridized carbons (Fsp3) is 0.786. The van der Waals surface area contributed by atoms with Gasteiger partial charge < -0.3 is 10.1 Å². The molecule has 1 aromatic heterocycles. The average Bonchev–Trinajstić information content (AvgIpc) is 2.97. The summed E-state index contributed by atoms with van der Waals surface area (Å²) in [5, 5.41) is 7.94. The second kappa shape index (κ2) is 6.90. The number of ether oxygens (including phenoxy) is 1. The molecule has 102 valence electrons. The molecule has 4 heteroatoms. The summed E-state index contributed by atoms with van der Waals surface area (Å²) in [5.41, 5.74) is 1.13. The van der Waals surface area contributed by atoms with E-state index >= 15 is 0 Å². The van der Waals surface area contributed by atoms with Crippen LogP contribution in [0.1, 0.15) is 45.2 Å². The van der Waals surface area contributed by atoms with Crippen molar-refractivity contribution < 1.29 is 4.74 Å². The molecule has 1 unspecified atom stereocenters. The van der Waals surface area contributed by atoms with Crippen LogP contribution in [0.4, 0.5) is 0 Å². The van der Waals surface area contributed by atoms with Crippen molar-refractivity contribution >= 4 is 0 Å². The standard InChI is InChI=1S/C14H25N3O/c1-12(2)15-11-13-7-9-17(16-13)8-3-5-14-6-4-10-18-14/h7,9,12,14-15H,3-6,8,10-11H2,1-2H3. The van der Waals surface area contributed by atoms with Crippen molar-refractivity contribution in [3.8, 4) is 0 Å². The maximum Gasteiger partial charge on any atom is 0.0762 e. The van der Waals surface area contributed by atoms with E-state index in [0.29, 0.717) is 12.1 Å². The number of aromatic nitrogens is 2. The largest absolute Gasteiger partial charge is 0.378 e. The highest BCUT2D eigenvalue weighted by Crippen LogP contribution is 2.17. The molecule has 1 atom stereocenters. The third-order valence-electron chi connectivity index (χ3n) is 3.32. The van der Waals surface area contributed by atoms with E-state index in [-0.39, 0.29) is 0 Å². The van der Waals surface area contributed by atoms with Gasteiger partial charge in [0.25, 0.3) is 0 Å². The van der Waals surface area contributed by atoms with Crippen molar-refractivity contribution in [2.24, 2.45) is 0 Å². The van der Waals surface area contributed by atoms with Gasteiger partial charge in [-0.3, -0.25) is 4.68 Å². The Morgan fingerprint density at radius 1 is 1.56 bits per heavy atom. The molecule has 0 aliphatic carbocycles. The predicted molar refractivity (Wildman–Crippen MR) is 72.4 cm³/mol. The molecule has 4 nitrogen and oxygen atoms in total. The van der Waals surface area contributed by atoms with Gasteiger partial charge in [0.05, 0.1) is 11.8 Å². The van der Waals surface area contributed by atoms with Gasteiger partial charge in [-0.25, -0.2) is 0 Å². The highest BCUT2D eigenvalue weighted by atomic mass is 16.5. The number of aryl methyl sites for hydroxylation is 1. The topological polar surface area (TPSA) is 39.1 Å². The van der Waals surface area contributed by atoms with Crippen LogP contribution in [0.25, 0.3) is 0 Å². The Kier molecular flexibility index (Phi) is 5.20. The van der Waals surface area contributed by atoms with Crippen LogP contribution in [0.3, 0.4) is 0 Å². The van der Waals surface area contributed by atoms with Crippen LogP contribution in [0.5, 0.6) is 0 Å². The van der Waals surface area contributed by atoms with Gasteiger partial charge in [0.15, 0.2) is 0 Å². The summed E-state index contributed by atoms with van der Waals surface area (Å²) < 4.78 is 7.67. The van der Waals surface area contributed by atoms with E-state index in [1.54, 1.807) is 0 Å². The van der Waals surface area contributed by atoms with Gasteiger partial charge in [-0.15, -0.1) is 0 Å². The summed E-state index contributed by atoms with van der Waals surface area (Å²) in [5.74, 6) is 0. The normalized spacial score (nSPS) is 19.8. The Morgan fingerprint density at radius 3 is 3.17 bits per heavy atom. The molecule has 2 rings (SSSR count). The number of rotatable bonds is 7. The summed E-state index contributed by atoms with van der Waals surface area (Å²) in [6, 6.07) is 2.61. The van der Waals surface area contributed by atoms with E-state index in [9.17, 15) is 0 Å². The zero-order valence-corrected chi connectivity index (χ0v) is 11.6. The quantitative estimate of drug-likeness (QED) is 0.808. The summed E-state index contributed by atoms with van der Waals surface area (Å²) >= 11 is 0. The second-order valence-electron chi connectivity index (χ2n) is 5.38. The molecule has 2 heterocycles. The maximum atomic E-state index is 5.62. The van der Waals surface area contributed by atoms with Crippen LogP contribution in [0.15, 0.2) is 12.3 Å². The number of nitrogens with one attached hydrogen (secondary N) is 1. The van der Waals surface area contributed by atoms with Gasteiger partial charge in [-0.05, 0) is 31.7 Å². The zero-order chi connectivity index (χ0) is 12.8. The molecule has 1 N–H and O–H groups in total. The van der Waals surface area contributed by atoms with Gasteiger partial charge in [0.1, 0.15) is 0 Å². The zero-order valence-electron chi connectivity index (χ0n) is 11.6. The Bertz CT molecular complexity index is 343. The lowest BCUT2D eigenvalue weighted by atomic mass is 10.1. The Balaban J connectivity index is 1.66. The monoisotopic (exact) mass is 251 g/mol. The van der Waals surface area contributed by atoms with Crippen molar-refractivity contribution in [1.29, 1.82) is 0 Å². The molecule has 1 fully saturated rings. The van der Waals surface area contributed by atoms with E-state index in [1.807, 2.05) is 4.68 Å². The molecule has 1 aliphatic heterocycles. The molecule has 0 spiro atoms. The number of hydrogen-bond donors (Lipinski definition) is 1. The molecule has 0 aromatic carbocycles. The Hall–Kier alpha value is -0.870. The van der Waals surface area contributed by atoms with Crippen LogP contribution in [0.2, 0.25) is 0 Å². The van der Waals surface area contributed by atoms with E-state index in [4.69, 9.17) is 4.74 Å². The lowest BCUT2D eigenvalue weighted by Gasteiger charge is -2.08. The van der Waals surface area contributed by atoms with Crippen molar-refractivity contribution in [3.05, 3.63) is 18.0 Å². The lowest BCUT2D eigenvalue weighted by Crippen LogP contribution is -2.22. The van der Waals surface area contributed by atoms with Crippen LogP contribution in [0, 0.1) is 0 Å². The number of nitrogens with zero attached hydrogens (tertiary/aromatic N) is 2. The van der Waals surface area contributed by atoms with Crippen molar-refractivity contribution in [3.63, 3.8) is 0 Å². The molecule has 1 aromatic rings. The van der Waals surface area contributed by atoms with Gasteiger partial charge in [-0.2, -0.15) is 5.10 Å². The van der Waals surface area contributed by atoms with Crippen LogP contribution in [-0.4, -0.2) is 28.5 Å². The Labute approximate surface area is 110 Å². The molecule has 0 amide bonds. The molecule has 1 aliphatic rings. The minimum atomic E-state index is 0.502. The lowest BCUT2D eigenvalue weighted by molar-refractivity contribution is 0.101. The summed E-state index contributed by atoms with van der Waals surface area (Å²) in [7, 11) is 0. The summed E-state index contributed by atoms with van der Waals surface area (Å²) in [6.45, 7) is 7.12. The second-order valence-corrected chi connectivity index (χ2v) is 5.38. The summed E-state index contributed by atoms with van der Waals surface area (Å²) in [4.78, 5) is 0. The SMILES string of the molecule is CC(C)NCc1ccn(CCCC2CCCO2)n1. The van der Waals surface area contributed by atoms with E-state index in [2.05, 4.69) is 36.5 Å². The van der Waals surface area contributed by atoms with Gasteiger partial charge in [-0.1, -0.05) is 13.8 Å². The van der Waals surface area contributed by atoms with Crippen LogP contribution >= 0.6 is 0 Å². The average molecular weight is 251 g/mol. The predicted octanol–water partition coefficient (Wildman–Crippen LogP) is 2.34. The smallest absolute Gasteiger partial charge is 0.0762 e. The fourth-order valence-corrected chi connectivity index (χ4v) is 2.28. The first kappa shape index (κ1) is 13.6. The first-order valence-corrected chi connectivity index (χ1v) is 7.11. The van der Waals surface area contributed by atoms with E-state index < -0.39 is 0 Å². The van der Waals surface area contributed by atoms with Crippen LogP contribution in [-0.2, 0) is 17.8 Å². The third kappa shape index (κ3) is 4.42. The maximum absolute atomic E-state index is 5.62. The number of hydrogen-bond acceptors (Lipinski definition) is 3. The Morgan fingerprint density at radius 2 is 2.44 bits per heavy atom. The van der Waals surface area contributed by atoms with Gasteiger partial charge >= 0.3 is 0 Å². The first-order valence-electron chi connectivity index (χ1n) is 7.11. The molecule has 0 radical (unpaired) electrons. The van der Waals surface area contributed by atoms with Crippen LogP contribution < -0.4 is 5.32 Å². The molecular formula is C14H25N3O. The molecule has 1 saturated heterocycles. The van der Waals surface area contributed by atoms with Crippen molar-refractivity contribution in [1.82, 2.24) is 15.1 Å². The molecule has 18 heavy (non-hydrogen) atoms. The molecule has 0 bridgehead atoms. The minimum absolute atomic E-state index is 0.502. The summed E-state index contributed by atoms with van der Waals surface area (Å²) in [6.07, 6.45) is 7.37. The fourth-order valence-electron chi connectivity index (χ4n) is 2.28. The highest BCUT2D eigenvalue weighted by molar-refractivity contribution is 4.98. The first-order chi connectivity index (χ1) is 8.74. The van der Waals surface area contributed by atoms with Crippen molar-refractivity contribution in [2.75, 3.05) is 6.61 Å². The van der Waals surface area contributed by atoms with Gasteiger partial charge in [0, 0.05) is 31.9 Å².